The summed E-state index contributed by atoms with van der Waals surface area (Å²) in [5.74, 6) is -0.884. The zero-order chi connectivity index (χ0) is 21.0. The van der Waals surface area contributed by atoms with E-state index in [1.807, 2.05) is 0 Å². The van der Waals surface area contributed by atoms with Gasteiger partial charge < -0.3 is 10.6 Å². The highest BCUT2D eigenvalue weighted by molar-refractivity contribution is 8.45. The molecule has 0 saturated heterocycles. The molecule has 2 aromatic carbocycles. The summed E-state index contributed by atoms with van der Waals surface area (Å²) in [6, 6.07) is 3.98. The van der Waals surface area contributed by atoms with Crippen molar-refractivity contribution in [2.24, 2.45) is 0 Å². The lowest BCUT2D eigenvalue weighted by atomic mass is 10.2. The Morgan fingerprint density at radius 1 is 0.893 bits per heavy atom. The van der Waals surface area contributed by atoms with Crippen molar-refractivity contribution in [2.45, 2.75) is 9.79 Å². The fraction of sp³-hybridized carbons (Fsp3) is 0. The highest BCUT2D eigenvalue weighted by atomic mass is 32.5. The summed E-state index contributed by atoms with van der Waals surface area (Å²) in [4.78, 5) is 21.1. The molecule has 0 unspecified atom stereocenters. The van der Waals surface area contributed by atoms with Crippen LogP contribution < -0.4 is 15.4 Å². The molecule has 2 aromatic rings. The first kappa shape index (κ1) is 19.9. The van der Waals surface area contributed by atoms with Crippen LogP contribution in [0.4, 0.5) is 35.6 Å². The van der Waals surface area contributed by atoms with E-state index in [4.69, 9.17) is 0 Å². The first-order chi connectivity index (χ1) is 12.5. The first-order valence-corrected chi connectivity index (χ1v) is 10.6. The van der Waals surface area contributed by atoms with Crippen molar-refractivity contribution in [3.8, 4) is 0 Å². The average molecular weight is 443 g/mol. The number of halogens is 5. The number of urea groups is 1. The summed E-state index contributed by atoms with van der Waals surface area (Å²) in [5, 5.41) is 4.36. The molecule has 7 nitrogen and oxygen atoms in total. The number of anilines is 2. The van der Waals surface area contributed by atoms with E-state index in [1.165, 1.54) is 6.07 Å². The SMILES string of the molecule is O=C(Nc1ccc(S(F)(F)(F)(F)F)cc1)Nc1ccc2c(c1)C(=O)NS2(=O)=O. The molecule has 1 aliphatic rings. The predicted octanol–water partition coefficient (Wildman–Crippen LogP) is 4.42. The van der Waals surface area contributed by atoms with Crippen molar-refractivity contribution in [1.82, 2.24) is 4.72 Å². The molecule has 0 radical (unpaired) electrons. The number of nitrogens with one attached hydrogen (secondary N) is 3. The Hall–Kier alpha value is -2.87. The molecule has 0 spiro atoms. The lowest BCUT2D eigenvalue weighted by Gasteiger charge is -2.40. The van der Waals surface area contributed by atoms with Gasteiger partial charge in [-0.2, -0.15) is 0 Å². The molecule has 0 fully saturated rings. The third-order valence-electron chi connectivity index (χ3n) is 3.56. The normalized spacial score (nSPS) is 17.7. The smallest absolute Gasteiger partial charge is 0.308 e. The second-order valence-electron chi connectivity index (χ2n) is 5.72. The standard InChI is InChI=1S/C14H10F5N3O4S2/c15-28(16,17,18,19)10-4-1-8(2-5-10)20-14(24)21-9-3-6-12-11(7-9)13(23)22-27(12,25)26/h1-7H,(H,22,23)(H2,20,21,24). The van der Waals surface area contributed by atoms with Gasteiger partial charge in [-0.05, 0) is 42.5 Å². The minimum Gasteiger partial charge on any atom is -0.308 e. The number of hydrogen-bond acceptors (Lipinski definition) is 4. The molecule has 1 aliphatic heterocycles. The Bertz CT molecular complexity index is 1120. The number of hydrogen-bond donors (Lipinski definition) is 3. The molecule has 0 atom stereocenters. The van der Waals surface area contributed by atoms with Crippen LogP contribution in [-0.2, 0) is 10.0 Å². The fourth-order valence-electron chi connectivity index (χ4n) is 2.34. The Balaban J connectivity index is 1.74. The zero-order valence-electron chi connectivity index (χ0n) is 13.4. The van der Waals surface area contributed by atoms with E-state index in [1.54, 1.807) is 4.72 Å². The van der Waals surface area contributed by atoms with Crippen LogP contribution in [0.25, 0.3) is 0 Å². The number of sulfonamides is 1. The number of carbonyl (C=O) groups is 2. The molecular weight excluding hydrogens is 433 g/mol. The predicted molar refractivity (Wildman–Crippen MR) is 91.6 cm³/mol. The number of amides is 3. The zero-order valence-corrected chi connectivity index (χ0v) is 15.0. The van der Waals surface area contributed by atoms with Crippen molar-refractivity contribution >= 4 is 43.6 Å². The van der Waals surface area contributed by atoms with Crippen LogP contribution in [0.2, 0.25) is 0 Å². The van der Waals surface area contributed by atoms with Crippen LogP contribution in [0.3, 0.4) is 0 Å². The summed E-state index contributed by atoms with van der Waals surface area (Å²) >= 11 is 0. The number of rotatable bonds is 3. The van der Waals surface area contributed by atoms with E-state index < -0.39 is 37.1 Å². The summed E-state index contributed by atoms with van der Waals surface area (Å²) in [7, 11) is -13.8. The highest BCUT2D eigenvalue weighted by Crippen LogP contribution is 3.02. The first-order valence-electron chi connectivity index (χ1n) is 7.18. The molecular formula is C14H10F5N3O4S2. The van der Waals surface area contributed by atoms with Crippen molar-refractivity contribution in [3.05, 3.63) is 48.0 Å². The van der Waals surface area contributed by atoms with Crippen LogP contribution in [0, 0.1) is 0 Å². The van der Waals surface area contributed by atoms with Gasteiger partial charge in [0, 0.05) is 11.4 Å². The topological polar surface area (TPSA) is 104 Å². The van der Waals surface area contributed by atoms with Crippen LogP contribution in [0.5, 0.6) is 0 Å². The lowest BCUT2D eigenvalue weighted by molar-refractivity contribution is 0.0985. The molecule has 0 aromatic heterocycles. The van der Waals surface area contributed by atoms with E-state index >= 15 is 0 Å². The third kappa shape index (κ3) is 4.01. The van der Waals surface area contributed by atoms with E-state index in [0.29, 0.717) is 12.1 Å². The van der Waals surface area contributed by atoms with Crippen molar-refractivity contribution in [2.75, 3.05) is 10.6 Å². The van der Waals surface area contributed by atoms with Crippen LogP contribution in [-0.4, -0.2) is 20.4 Å². The minimum absolute atomic E-state index is 0.0205. The molecule has 1 heterocycles. The maximum absolute atomic E-state index is 12.6. The maximum Gasteiger partial charge on any atom is 0.323 e. The molecule has 3 N–H and O–H groups in total. The van der Waals surface area contributed by atoms with E-state index in [2.05, 4.69) is 10.6 Å². The van der Waals surface area contributed by atoms with E-state index in [9.17, 15) is 37.4 Å². The number of carbonyl (C=O) groups excluding carboxylic acids is 2. The molecule has 0 bridgehead atoms. The van der Waals surface area contributed by atoms with Gasteiger partial charge in [-0.25, -0.2) is 17.9 Å². The fourth-order valence-corrected chi connectivity index (χ4v) is 4.14. The van der Waals surface area contributed by atoms with Crippen molar-refractivity contribution in [1.29, 1.82) is 0 Å². The van der Waals surface area contributed by atoms with Crippen LogP contribution in [0.15, 0.2) is 52.3 Å². The molecule has 3 amide bonds. The maximum atomic E-state index is 12.6. The highest BCUT2D eigenvalue weighted by Gasteiger charge is 2.65. The molecule has 14 heteroatoms. The van der Waals surface area contributed by atoms with Crippen LogP contribution in [0.1, 0.15) is 10.4 Å². The van der Waals surface area contributed by atoms with Gasteiger partial charge in [-0.15, -0.1) is 0 Å². The van der Waals surface area contributed by atoms with Gasteiger partial charge in [0.25, 0.3) is 15.9 Å². The lowest BCUT2D eigenvalue weighted by Crippen LogP contribution is -2.21. The number of benzene rings is 2. The van der Waals surface area contributed by atoms with Crippen molar-refractivity contribution < 1.29 is 37.4 Å². The number of fused-ring (bicyclic) bond motifs is 1. The Morgan fingerprint density at radius 3 is 2.00 bits per heavy atom. The van der Waals surface area contributed by atoms with Crippen molar-refractivity contribution in [3.63, 3.8) is 0 Å². The summed E-state index contributed by atoms with van der Waals surface area (Å²) in [6.45, 7) is 0. The molecule has 28 heavy (non-hydrogen) atoms. The third-order valence-corrected chi connectivity index (χ3v) is 6.11. The Morgan fingerprint density at radius 2 is 1.43 bits per heavy atom. The van der Waals surface area contributed by atoms with Gasteiger partial charge in [-0.3, -0.25) is 4.79 Å². The summed E-state index contributed by atoms with van der Waals surface area (Å²) in [6.07, 6.45) is 0. The average Bonchev–Trinajstić information content (AvgIpc) is 2.74. The van der Waals surface area contributed by atoms with Gasteiger partial charge >= 0.3 is 16.3 Å². The molecule has 0 saturated carbocycles. The molecule has 152 valence electrons. The quantitative estimate of drug-likeness (QED) is 0.611. The molecule has 0 aliphatic carbocycles. The largest absolute Gasteiger partial charge is 0.323 e. The van der Waals surface area contributed by atoms with E-state index in [0.717, 1.165) is 12.1 Å². The minimum atomic E-state index is -9.81. The van der Waals surface area contributed by atoms with Gasteiger partial charge in [0.15, 0.2) is 0 Å². The summed E-state index contributed by atoms with van der Waals surface area (Å²) in [5.41, 5.74) is -0.380. The van der Waals surface area contributed by atoms with Gasteiger partial charge in [0.05, 0.1) is 5.56 Å². The van der Waals surface area contributed by atoms with E-state index in [-0.39, 0.29) is 34.0 Å². The second-order valence-corrected chi connectivity index (χ2v) is 9.78. The summed E-state index contributed by atoms with van der Waals surface area (Å²) < 4.78 is 88.2. The van der Waals surface area contributed by atoms with Crippen LogP contribution >= 0.6 is 10.2 Å². The monoisotopic (exact) mass is 443 g/mol. The Kier molecular flexibility index (Phi) is 3.80. The van der Waals surface area contributed by atoms with Gasteiger partial charge in [0.2, 0.25) is 0 Å². The second kappa shape index (κ2) is 5.35. The van der Waals surface area contributed by atoms with Gasteiger partial charge in [0.1, 0.15) is 9.79 Å². The van der Waals surface area contributed by atoms with Gasteiger partial charge in [-0.1, -0.05) is 19.4 Å². The molecule has 3 rings (SSSR count). The Labute approximate surface area is 154 Å².